The van der Waals surface area contributed by atoms with Crippen molar-refractivity contribution in [2.45, 2.75) is 32.7 Å². The lowest BCUT2D eigenvalue weighted by molar-refractivity contribution is -0.123. The van der Waals surface area contributed by atoms with Crippen molar-refractivity contribution in [3.05, 3.63) is 63.7 Å². The molecule has 1 N–H and O–H groups in total. The molecule has 2 aromatic rings. The van der Waals surface area contributed by atoms with Gasteiger partial charge in [0, 0.05) is 18.0 Å². The minimum atomic E-state index is -0.257. The number of Topliss-reactive ketones (excluding diaryl/α,β-unsaturated/α-hetero) is 1. The SMILES string of the molecule is Cc1ccc(OCC(=O)NCc2ccccc2Cl)c2c1C(C)CC2=O. The average Bonchev–Trinajstić information content (AvgIpc) is 2.89. The number of ether oxygens (including phenoxy) is 1. The van der Waals surface area contributed by atoms with Crippen LogP contribution in [0.15, 0.2) is 36.4 Å². The van der Waals surface area contributed by atoms with E-state index in [1.54, 1.807) is 12.1 Å². The Bertz CT molecular complexity index is 832. The van der Waals surface area contributed by atoms with Crippen molar-refractivity contribution < 1.29 is 14.3 Å². The summed E-state index contributed by atoms with van der Waals surface area (Å²) in [4.78, 5) is 24.3. The molecule has 1 atom stereocenters. The monoisotopic (exact) mass is 357 g/mol. The fourth-order valence-electron chi connectivity index (χ4n) is 3.26. The molecule has 0 bridgehead atoms. The van der Waals surface area contributed by atoms with Crippen molar-refractivity contribution in [3.63, 3.8) is 0 Å². The topological polar surface area (TPSA) is 55.4 Å². The van der Waals surface area contributed by atoms with E-state index < -0.39 is 0 Å². The summed E-state index contributed by atoms with van der Waals surface area (Å²) in [5, 5.41) is 3.39. The minimum Gasteiger partial charge on any atom is -0.483 e. The van der Waals surface area contributed by atoms with Gasteiger partial charge >= 0.3 is 0 Å². The molecule has 3 rings (SSSR count). The number of fused-ring (bicyclic) bond motifs is 1. The molecule has 0 radical (unpaired) electrons. The van der Waals surface area contributed by atoms with E-state index in [0.29, 0.717) is 29.3 Å². The maximum atomic E-state index is 12.2. The van der Waals surface area contributed by atoms with E-state index >= 15 is 0 Å². The third-order valence-electron chi connectivity index (χ3n) is 4.48. The van der Waals surface area contributed by atoms with Crippen LogP contribution in [-0.2, 0) is 11.3 Å². The lowest BCUT2D eigenvalue weighted by atomic mass is 9.97. The van der Waals surface area contributed by atoms with Gasteiger partial charge in [0.1, 0.15) is 5.75 Å². The Morgan fingerprint density at radius 1 is 1.28 bits per heavy atom. The Labute approximate surface area is 152 Å². The zero-order chi connectivity index (χ0) is 18.0. The number of amides is 1. The van der Waals surface area contributed by atoms with E-state index in [1.165, 1.54) is 0 Å². The second kappa shape index (κ2) is 7.28. The van der Waals surface area contributed by atoms with Crippen LogP contribution in [0.25, 0.3) is 0 Å². The molecule has 0 saturated heterocycles. The molecule has 0 saturated carbocycles. The number of rotatable bonds is 5. The first-order valence-electron chi connectivity index (χ1n) is 8.27. The predicted molar refractivity (Wildman–Crippen MR) is 97.3 cm³/mol. The van der Waals surface area contributed by atoms with E-state index in [9.17, 15) is 9.59 Å². The molecule has 0 heterocycles. The lowest BCUT2D eigenvalue weighted by Crippen LogP contribution is -2.28. The highest BCUT2D eigenvalue weighted by atomic mass is 35.5. The highest BCUT2D eigenvalue weighted by molar-refractivity contribution is 6.31. The Morgan fingerprint density at radius 2 is 2.04 bits per heavy atom. The number of hydrogen-bond donors (Lipinski definition) is 1. The van der Waals surface area contributed by atoms with Gasteiger partial charge < -0.3 is 10.1 Å². The van der Waals surface area contributed by atoms with Gasteiger partial charge in [-0.1, -0.05) is 42.8 Å². The summed E-state index contributed by atoms with van der Waals surface area (Å²) in [6, 6.07) is 11.0. The van der Waals surface area contributed by atoms with Crippen molar-refractivity contribution in [3.8, 4) is 5.75 Å². The number of carbonyl (C=O) groups excluding carboxylic acids is 2. The fourth-order valence-corrected chi connectivity index (χ4v) is 3.46. The van der Waals surface area contributed by atoms with E-state index in [2.05, 4.69) is 5.32 Å². The molecule has 0 fully saturated rings. The number of aryl methyl sites for hydroxylation is 1. The van der Waals surface area contributed by atoms with Crippen molar-refractivity contribution >= 4 is 23.3 Å². The van der Waals surface area contributed by atoms with Gasteiger partial charge in [-0.3, -0.25) is 9.59 Å². The van der Waals surface area contributed by atoms with Crippen molar-refractivity contribution in [2.75, 3.05) is 6.61 Å². The number of nitrogens with one attached hydrogen (secondary N) is 1. The van der Waals surface area contributed by atoms with Gasteiger partial charge in [0.05, 0.1) is 5.56 Å². The van der Waals surface area contributed by atoms with Gasteiger partial charge in [-0.25, -0.2) is 0 Å². The molecule has 4 nitrogen and oxygen atoms in total. The smallest absolute Gasteiger partial charge is 0.258 e. The number of halogens is 1. The molecule has 0 aromatic heterocycles. The van der Waals surface area contributed by atoms with Gasteiger partial charge in [-0.2, -0.15) is 0 Å². The van der Waals surface area contributed by atoms with Crippen LogP contribution in [0.1, 0.15) is 46.3 Å². The number of benzene rings is 2. The summed E-state index contributed by atoms with van der Waals surface area (Å²) in [6.07, 6.45) is 0.495. The highest BCUT2D eigenvalue weighted by Crippen LogP contribution is 2.40. The van der Waals surface area contributed by atoms with E-state index in [0.717, 1.165) is 16.7 Å². The van der Waals surface area contributed by atoms with Crippen LogP contribution in [0.2, 0.25) is 5.02 Å². The zero-order valence-electron chi connectivity index (χ0n) is 14.3. The van der Waals surface area contributed by atoms with Crippen LogP contribution >= 0.6 is 11.6 Å². The van der Waals surface area contributed by atoms with Crippen LogP contribution < -0.4 is 10.1 Å². The van der Waals surface area contributed by atoms with Crippen LogP contribution in [-0.4, -0.2) is 18.3 Å². The Kier molecular flexibility index (Phi) is 5.09. The Morgan fingerprint density at radius 3 is 2.80 bits per heavy atom. The molecule has 5 heteroatoms. The molecular weight excluding hydrogens is 338 g/mol. The third-order valence-corrected chi connectivity index (χ3v) is 4.85. The van der Waals surface area contributed by atoms with Gasteiger partial charge in [0.25, 0.3) is 5.91 Å². The largest absolute Gasteiger partial charge is 0.483 e. The quantitative estimate of drug-likeness (QED) is 0.878. The Hall–Kier alpha value is -2.33. The first kappa shape index (κ1) is 17.5. The van der Waals surface area contributed by atoms with Crippen LogP contribution in [0.5, 0.6) is 5.75 Å². The number of ketones is 1. The molecule has 1 aliphatic rings. The summed E-state index contributed by atoms with van der Waals surface area (Å²) in [6.45, 7) is 4.23. The maximum Gasteiger partial charge on any atom is 0.258 e. The summed E-state index contributed by atoms with van der Waals surface area (Å²) in [5.74, 6) is 0.508. The standard InChI is InChI=1S/C20H20ClNO3/c1-12-7-8-17(20-16(23)9-13(2)19(12)20)25-11-18(24)22-10-14-5-3-4-6-15(14)21/h3-8,13H,9-11H2,1-2H3,(H,22,24). The van der Waals surface area contributed by atoms with Crippen molar-refractivity contribution in [1.29, 1.82) is 0 Å². The molecule has 130 valence electrons. The molecule has 2 aromatic carbocycles. The minimum absolute atomic E-state index is 0.0812. The molecule has 1 amide bonds. The molecule has 25 heavy (non-hydrogen) atoms. The third kappa shape index (κ3) is 3.69. The molecule has 1 aliphatic carbocycles. The van der Waals surface area contributed by atoms with E-state index in [4.69, 9.17) is 16.3 Å². The first-order chi connectivity index (χ1) is 12.0. The summed E-state index contributed by atoms with van der Waals surface area (Å²) < 4.78 is 5.64. The molecule has 1 unspecified atom stereocenters. The molecular formula is C20H20ClNO3. The van der Waals surface area contributed by atoms with Crippen molar-refractivity contribution in [2.24, 2.45) is 0 Å². The fraction of sp³-hybridized carbons (Fsp3) is 0.300. The van der Waals surface area contributed by atoms with Crippen LogP contribution in [0, 0.1) is 6.92 Å². The maximum absolute atomic E-state index is 12.2. The summed E-state index contributed by atoms with van der Waals surface area (Å²) in [5.41, 5.74) is 3.60. The zero-order valence-corrected chi connectivity index (χ0v) is 15.0. The van der Waals surface area contributed by atoms with Crippen LogP contribution in [0.4, 0.5) is 0 Å². The first-order valence-corrected chi connectivity index (χ1v) is 8.64. The van der Waals surface area contributed by atoms with Gasteiger partial charge in [-0.05, 0) is 41.7 Å². The highest BCUT2D eigenvalue weighted by Gasteiger charge is 2.31. The lowest BCUT2D eigenvalue weighted by Gasteiger charge is -2.13. The Balaban J connectivity index is 1.64. The molecule has 0 spiro atoms. The summed E-state index contributed by atoms with van der Waals surface area (Å²) in [7, 11) is 0. The average molecular weight is 358 g/mol. The normalized spacial score (nSPS) is 15.8. The summed E-state index contributed by atoms with van der Waals surface area (Å²) >= 11 is 6.07. The van der Waals surface area contributed by atoms with Gasteiger partial charge in [-0.15, -0.1) is 0 Å². The van der Waals surface area contributed by atoms with Gasteiger partial charge in [0.15, 0.2) is 12.4 Å². The number of carbonyl (C=O) groups is 2. The van der Waals surface area contributed by atoms with E-state index in [-0.39, 0.29) is 24.2 Å². The van der Waals surface area contributed by atoms with Gasteiger partial charge in [0.2, 0.25) is 0 Å². The molecule has 0 aliphatic heterocycles. The predicted octanol–water partition coefficient (Wildman–Crippen LogP) is 4.03. The van der Waals surface area contributed by atoms with Crippen LogP contribution in [0.3, 0.4) is 0 Å². The second-order valence-electron chi connectivity index (χ2n) is 6.35. The number of hydrogen-bond acceptors (Lipinski definition) is 3. The van der Waals surface area contributed by atoms with E-state index in [1.807, 2.05) is 38.1 Å². The second-order valence-corrected chi connectivity index (χ2v) is 6.76. The van der Waals surface area contributed by atoms with Crippen molar-refractivity contribution in [1.82, 2.24) is 5.32 Å².